The molecule has 108 valence electrons. The lowest BCUT2D eigenvalue weighted by Gasteiger charge is -2.49. The van der Waals surface area contributed by atoms with E-state index in [-0.39, 0.29) is 5.54 Å². The summed E-state index contributed by atoms with van der Waals surface area (Å²) in [6, 6.07) is 0.627. The number of likely N-dealkylation sites (tertiary alicyclic amines) is 1. The van der Waals surface area contributed by atoms with Crippen molar-refractivity contribution in [2.24, 2.45) is 11.7 Å². The summed E-state index contributed by atoms with van der Waals surface area (Å²) in [6.07, 6.45) is 3.70. The maximum Gasteiger partial charge on any atom is 0.0355 e. The van der Waals surface area contributed by atoms with E-state index in [9.17, 15) is 0 Å². The van der Waals surface area contributed by atoms with Gasteiger partial charge in [0.1, 0.15) is 0 Å². The number of hydrogen-bond acceptors (Lipinski definition) is 3. The Kier molecular flexibility index (Phi) is 6.09. The molecule has 1 saturated heterocycles. The van der Waals surface area contributed by atoms with Gasteiger partial charge in [0.25, 0.3) is 0 Å². The monoisotopic (exact) mass is 255 g/mol. The van der Waals surface area contributed by atoms with Gasteiger partial charge in [0.2, 0.25) is 0 Å². The second-order valence-electron chi connectivity index (χ2n) is 6.45. The Bertz CT molecular complexity index is 232. The molecule has 0 aliphatic carbocycles. The van der Waals surface area contributed by atoms with Gasteiger partial charge in [0, 0.05) is 18.1 Å². The molecular formula is C15H33N3. The van der Waals surface area contributed by atoms with Crippen LogP contribution in [-0.4, -0.2) is 54.6 Å². The molecule has 1 unspecified atom stereocenters. The van der Waals surface area contributed by atoms with Gasteiger partial charge < -0.3 is 10.6 Å². The zero-order valence-corrected chi connectivity index (χ0v) is 13.1. The second kappa shape index (κ2) is 6.88. The average Bonchev–Trinajstić information content (AvgIpc) is 2.37. The lowest BCUT2D eigenvalue weighted by atomic mass is 9.84. The van der Waals surface area contributed by atoms with Crippen LogP contribution in [0.15, 0.2) is 0 Å². The SMILES string of the molecule is CCN1CCC(CN)(N(C)C(C)CC(C)C)CC1. The first kappa shape index (κ1) is 15.9. The summed E-state index contributed by atoms with van der Waals surface area (Å²) in [5, 5.41) is 0. The molecule has 3 nitrogen and oxygen atoms in total. The average molecular weight is 255 g/mol. The molecule has 1 fully saturated rings. The first-order valence-electron chi connectivity index (χ1n) is 7.60. The third kappa shape index (κ3) is 3.69. The molecule has 1 aliphatic heterocycles. The van der Waals surface area contributed by atoms with Gasteiger partial charge in [-0.3, -0.25) is 4.90 Å². The Morgan fingerprint density at radius 2 is 1.78 bits per heavy atom. The van der Waals surface area contributed by atoms with Crippen molar-refractivity contribution in [3.8, 4) is 0 Å². The highest BCUT2D eigenvalue weighted by atomic mass is 15.2. The number of piperidine rings is 1. The van der Waals surface area contributed by atoms with E-state index < -0.39 is 0 Å². The van der Waals surface area contributed by atoms with E-state index in [0.717, 1.165) is 12.5 Å². The van der Waals surface area contributed by atoms with Crippen molar-refractivity contribution in [3.63, 3.8) is 0 Å². The van der Waals surface area contributed by atoms with E-state index in [0.29, 0.717) is 6.04 Å². The van der Waals surface area contributed by atoms with Crippen molar-refractivity contribution in [1.82, 2.24) is 9.80 Å². The van der Waals surface area contributed by atoms with Crippen LogP contribution in [-0.2, 0) is 0 Å². The van der Waals surface area contributed by atoms with Crippen LogP contribution in [0.4, 0.5) is 0 Å². The third-order valence-electron chi connectivity index (χ3n) is 4.84. The van der Waals surface area contributed by atoms with Crippen LogP contribution in [0.5, 0.6) is 0 Å². The lowest BCUT2D eigenvalue weighted by molar-refractivity contribution is 0.0171. The van der Waals surface area contributed by atoms with E-state index in [4.69, 9.17) is 5.73 Å². The predicted molar refractivity (Wildman–Crippen MR) is 79.8 cm³/mol. The van der Waals surface area contributed by atoms with E-state index in [1.54, 1.807) is 0 Å². The van der Waals surface area contributed by atoms with E-state index >= 15 is 0 Å². The Balaban J connectivity index is 2.64. The molecule has 1 rings (SSSR count). The summed E-state index contributed by atoms with van der Waals surface area (Å²) in [5.41, 5.74) is 6.37. The smallest absolute Gasteiger partial charge is 0.0355 e. The fraction of sp³-hybridized carbons (Fsp3) is 1.00. The molecule has 0 radical (unpaired) electrons. The van der Waals surface area contributed by atoms with Gasteiger partial charge in [-0.2, -0.15) is 0 Å². The molecule has 0 aromatic heterocycles. The minimum absolute atomic E-state index is 0.236. The van der Waals surface area contributed by atoms with Crippen molar-refractivity contribution in [1.29, 1.82) is 0 Å². The van der Waals surface area contributed by atoms with Gasteiger partial charge in [-0.05, 0) is 58.8 Å². The Morgan fingerprint density at radius 3 is 2.17 bits per heavy atom. The van der Waals surface area contributed by atoms with Gasteiger partial charge in [0.05, 0.1) is 0 Å². The van der Waals surface area contributed by atoms with Gasteiger partial charge in [-0.15, -0.1) is 0 Å². The summed E-state index contributed by atoms with van der Waals surface area (Å²) in [5.74, 6) is 0.757. The Labute approximate surface area is 114 Å². The van der Waals surface area contributed by atoms with Gasteiger partial charge in [0.15, 0.2) is 0 Å². The summed E-state index contributed by atoms with van der Waals surface area (Å²) < 4.78 is 0. The van der Waals surface area contributed by atoms with Crippen LogP contribution >= 0.6 is 0 Å². The first-order valence-corrected chi connectivity index (χ1v) is 7.60. The van der Waals surface area contributed by atoms with Crippen LogP contribution < -0.4 is 5.73 Å². The highest BCUT2D eigenvalue weighted by molar-refractivity contribution is 4.96. The molecule has 0 aromatic carbocycles. The van der Waals surface area contributed by atoms with Crippen LogP contribution in [0.1, 0.15) is 47.0 Å². The van der Waals surface area contributed by atoms with Crippen LogP contribution in [0.25, 0.3) is 0 Å². The van der Waals surface area contributed by atoms with Crippen LogP contribution in [0.2, 0.25) is 0 Å². The lowest BCUT2D eigenvalue weighted by Crippen LogP contribution is -2.60. The standard InChI is InChI=1S/C15H33N3/c1-6-18-9-7-15(12-16,8-10-18)17(5)14(4)11-13(2)3/h13-14H,6-12,16H2,1-5H3. The highest BCUT2D eigenvalue weighted by Gasteiger charge is 2.38. The zero-order chi connectivity index (χ0) is 13.8. The van der Waals surface area contributed by atoms with Crippen molar-refractivity contribution < 1.29 is 0 Å². The molecule has 18 heavy (non-hydrogen) atoms. The molecule has 0 saturated carbocycles. The maximum atomic E-state index is 6.13. The number of hydrogen-bond donors (Lipinski definition) is 1. The fourth-order valence-corrected chi connectivity index (χ4v) is 3.29. The number of nitrogens with zero attached hydrogens (tertiary/aromatic N) is 2. The molecule has 1 aliphatic rings. The molecule has 0 aromatic rings. The molecule has 1 atom stereocenters. The number of nitrogens with two attached hydrogens (primary N) is 1. The minimum Gasteiger partial charge on any atom is -0.329 e. The topological polar surface area (TPSA) is 32.5 Å². The van der Waals surface area contributed by atoms with Crippen molar-refractivity contribution in [2.75, 3.05) is 33.2 Å². The normalized spacial score (nSPS) is 22.7. The Morgan fingerprint density at radius 1 is 1.22 bits per heavy atom. The maximum absolute atomic E-state index is 6.13. The molecule has 1 heterocycles. The first-order chi connectivity index (χ1) is 8.45. The van der Waals surface area contributed by atoms with Gasteiger partial charge in [-0.25, -0.2) is 0 Å². The minimum atomic E-state index is 0.236. The van der Waals surface area contributed by atoms with Crippen LogP contribution in [0.3, 0.4) is 0 Å². The molecule has 3 heteroatoms. The molecular weight excluding hydrogens is 222 g/mol. The fourth-order valence-electron chi connectivity index (χ4n) is 3.29. The van der Waals surface area contributed by atoms with Gasteiger partial charge in [-0.1, -0.05) is 20.8 Å². The molecule has 2 N–H and O–H groups in total. The van der Waals surface area contributed by atoms with Gasteiger partial charge >= 0.3 is 0 Å². The van der Waals surface area contributed by atoms with E-state index in [1.807, 2.05) is 0 Å². The molecule has 0 amide bonds. The second-order valence-corrected chi connectivity index (χ2v) is 6.45. The van der Waals surface area contributed by atoms with E-state index in [2.05, 4.69) is 44.5 Å². The zero-order valence-electron chi connectivity index (χ0n) is 13.1. The molecule has 0 spiro atoms. The summed E-state index contributed by atoms with van der Waals surface area (Å²) in [7, 11) is 2.28. The quantitative estimate of drug-likeness (QED) is 0.789. The number of rotatable bonds is 6. The summed E-state index contributed by atoms with van der Waals surface area (Å²) in [4.78, 5) is 5.11. The van der Waals surface area contributed by atoms with Crippen molar-refractivity contribution in [3.05, 3.63) is 0 Å². The highest BCUT2D eigenvalue weighted by Crippen LogP contribution is 2.30. The van der Waals surface area contributed by atoms with Crippen LogP contribution in [0, 0.1) is 5.92 Å². The Hall–Kier alpha value is -0.120. The predicted octanol–water partition coefficient (Wildman–Crippen LogP) is 2.17. The van der Waals surface area contributed by atoms with Crippen molar-refractivity contribution >= 4 is 0 Å². The summed E-state index contributed by atoms with van der Waals surface area (Å²) >= 11 is 0. The van der Waals surface area contributed by atoms with Crippen molar-refractivity contribution in [2.45, 2.75) is 58.5 Å². The number of likely N-dealkylation sites (N-methyl/N-ethyl adjacent to an activating group) is 1. The van der Waals surface area contributed by atoms with E-state index in [1.165, 1.54) is 38.9 Å². The molecule has 0 bridgehead atoms. The summed E-state index contributed by atoms with van der Waals surface area (Å²) in [6.45, 7) is 13.6. The largest absolute Gasteiger partial charge is 0.329 e. The third-order valence-corrected chi connectivity index (χ3v) is 4.84.